The molecule has 0 radical (unpaired) electrons. The van der Waals surface area contributed by atoms with Crippen LogP contribution in [-0.2, 0) is 11.3 Å². The molecule has 1 aromatic heterocycles. The molecule has 2 N–H and O–H groups in total. The van der Waals surface area contributed by atoms with E-state index in [-0.39, 0.29) is 42.8 Å². The highest BCUT2D eigenvalue weighted by atomic mass is 35.5. The van der Waals surface area contributed by atoms with E-state index in [1.54, 1.807) is 28.9 Å². The van der Waals surface area contributed by atoms with Crippen molar-refractivity contribution in [2.75, 3.05) is 26.2 Å². The molecular weight excluding hydrogens is 470 g/mol. The van der Waals surface area contributed by atoms with Gasteiger partial charge in [-0.25, -0.2) is 0 Å². The maximum atomic E-state index is 13.2. The van der Waals surface area contributed by atoms with E-state index in [1.165, 1.54) is 4.90 Å². The number of benzene rings is 1. The second kappa shape index (κ2) is 12.1. The molecule has 0 saturated heterocycles. The van der Waals surface area contributed by atoms with Gasteiger partial charge in [0.05, 0.1) is 18.2 Å². The molecule has 9 nitrogen and oxygen atoms in total. The Morgan fingerprint density at radius 1 is 1.26 bits per heavy atom. The number of rotatable bonds is 3. The molecular formula is C25H34ClN5O4. The molecule has 10 heteroatoms. The van der Waals surface area contributed by atoms with Crippen molar-refractivity contribution in [3.05, 3.63) is 46.2 Å². The van der Waals surface area contributed by atoms with Gasteiger partial charge in [0.15, 0.2) is 5.69 Å². The zero-order chi connectivity index (χ0) is 25.5. The van der Waals surface area contributed by atoms with Crippen molar-refractivity contribution in [2.24, 2.45) is 5.92 Å². The van der Waals surface area contributed by atoms with E-state index in [0.717, 1.165) is 5.69 Å². The number of fused-ring (bicyclic) bond motifs is 1. The van der Waals surface area contributed by atoms with Gasteiger partial charge < -0.3 is 20.3 Å². The van der Waals surface area contributed by atoms with Crippen LogP contribution in [0.25, 0.3) is 0 Å². The van der Waals surface area contributed by atoms with E-state index in [9.17, 15) is 14.4 Å². The molecule has 1 aromatic carbocycles. The fourth-order valence-electron chi connectivity index (χ4n) is 3.89. The predicted octanol–water partition coefficient (Wildman–Crippen LogP) is 3.05. The molecule has 2 aromatic rings. The molecule has 3 amide bonds. The fourth-order valence-corrected chi connectivity index (χ4v) is 4.06. The summed E-state index contributed by atoms with van der Waals surface area (Å²) in [7, 11) is 0. The van der Waals surface area contributed by atoms with Gasteiger partial charge in [0, 0.05) is 30.4 Å². The Labute approximate surface area is 211 Å². The number of hydrogen-bond donors (Lipinski definition) is 2. The number of ether oxygens (including phenoxy) is 1. The summed E-state index contributed by atoms with van der Waals surface area (Å²) in [5.41, 5.74) is 1.55. The van der Waals surface area contributed by atoms with Gasteiger partial charge in [-0.3, -0.25) is 19.1 Å². The number of carbonyl (C=O) groups excluding carboxylic acids is 3. The molecule has 0 saturated carbocycles. The molecule has 1 atom stereocenters. The first-order valence-electron chi connectivity index (χ1n) is 12.0. The van der Waals surface area contributed by atoms with Crippen LogP contribution in [0.4, 0.5) is 0 Å². The summed E-state index contributed by atoms with van der Waals surface area (Å²) >= 11 is 6.12. The zero-order valence-corrected chi connectivity index (χ0v) is 21.5. The molecule has 1 aliphatic heterocycles. The molecule has 0 fully saturated rings. The van der Waals surface area contributed by atoms with Crippen LogP contribution in [0.5, 0.6) is 5.75 Å². The zero-order valence-electron chi connectivity index (χ0n) is 20.8. The summed E-state index contributed by atoms with van der Waals surface area (Å²) in [5.74, 6) is -0.376. The normalized spacial score (nSPS) is 18.1. The minimum atomic E-state index is -0.322. The Bertz CT molecular complexity index is 1070. The van der Waals surface area contributed by atoms with Crippen LogP contribution < -0.4 is 15.4 Å². The monoisotopic (exact) mass is 503 g/mol. The van der Waals surface area contributed by atoms with Crippen LogP contribution in [-0.4, -0.2) is 64.7 Å². The first-order valence-corrected chi connectivity index (χ1v) is 12.4. The number of nitrogens with zero attached hydrogens (tertiary/aromatic N) is 3. The lowest BCUT2D eigenvalue weighted by Crippen LogP contribution is -2.48. The lowest BCUT2D eigenvalue weighted by Gasteiger charge is -2.26. The number of hydrogen-bond acceptors (Lipinski definition) is 5. The van der Waals surface area contributed by atoms with Crippen LogP contribution in [0.2, 0.25) is 5.02 Å². The maximum Gasteiger partial charge on any atom is 0.274 e. The number of aryl methyl sites for hydroxylation is 2. The highest BCUT2D eigenvalue weighted by Gasteiger charge is 2.25. The van der Waals surface area contributed by atoms with Crippen LogP contribution in [0.3, 0.4) is 0 Å². The Morgan fingerprint density at radius 2 is 2.03 bits per heavy atom. The van der Waals surface area contributed by atoms with Gasteiger partial charge in [-0.1, -0.05) is 25.4 Å². The largest absolute Gasteiger partial charge is 0.491 e. The van der Waals surface area contributed by atoms with Crippen LogP contribution >= 0.6 is 11.6 Å². The fraction of sp³-hybridized carbons (Fsp3) is 0.520. The van der Waals surface area contributed by atoms with Gasteiger partial charge in [0.1, 0.15) is 12.4 Å². The number of carbonyl (C=O) groups is 3. The summed E-state index contributed by atoms with van der Waals surface area (Å²) in [6.07, 6.45) is 1.24. The molecule has 35 heavy (non-hydrogen) atoms. The van der Waals surface area contributed by atoms with Crippen molar-refractivity contribution in [3.8, 4) is 5.75 Å². The number of amides is 3. The quantitative estimate of drug-likeness (QED) is 0.669. The third kappa shape index (κ3) is 6.97. The molecule has 0 spiro atoms. The van der Waals surface area contributed by atoms with Gasteiger partial charge >= 0.3 is 0 Å². The smallest absolute Gasteiger partial charge is 0.274 e. The maximum absolute atomic E-state index is 13.2. The van der Waals surface area contributed by atoms with Crippen molar-refractivity contribution >= 4 is 29.3 Å². The number of aromatic nitrogens is 2. The van der Waals surface area contributed by atoms with Crippen molar-refractivity contribution in [1.29, 1.82) is 0 Å². The van der Waals surface area contributed by atoms with Crippen LogP contribution in [0.15, 0.2) is 24.3 Å². The summed E-state index contributed by atoms with van der Waals surface area (Å²) in [4.78, 5) is 40.5. The number of nitrogens with one attached hydrogen (secondary N) is 2. The Morgan fingerprint density at radius 3 is 2.71 bits per heavy atom. The second-order valence-corrected chi connectivity index (χ2v) is 9.48. The van der Waals surface area contributed by atoms with E-state index < -0.39 is 0 Å². The second-order valence-electron chi connectivity index (χ2n) is 9.05. The van der Waals surface area contributed by atoms with Crippen molar-refractivity contribution < 1.29 is 19.1 Å². The summed E-state index contributed by atoms with van der Waals surface area (Å²) in [5, 5.41) is 10.7. The summed E-state index contributed by atoms with van der Waals surface area (Å²) < 4.78 is 7.71. The average Bonchev–Trinajstić information content (AvgIpc) is 3.20. The van der Waals surface area contributed by atoms with E-state index in [0.29, 0.717) is 54.5 Å². The van der Waals surface area contributed by atoms with E-state index in [2.05, 4.69) is 15.7 Å². The molecule has 0 aliphatic carbocycles. The van der Waals surface area contributed by atoms with Crippen molar-refractivity contribution in [2.45, 2.75) is 53.1 Å². The minimum absolute atomic E-state index is 0.0614. The molecule has 190 valence electrons. The highest BCUT2D eigenvalue weighted by Crippen LogP contribution is 2.24. The van der Waals surface area contributed by atoms with Gasteiger partial charge in [-0.2, -0.15) is 5.10 Å². The first-order chi connectivity index (χ1) is 16.7. The van der Waals surface area contributed by atoms with Gasteiger partial charge in [-0.05, 0) is 56.9 Å². The van der Waals surface area contributed by atoms with Crippen molar-refractivity contribution in [3.63, 3.8) is 0 Å². The standard InChI is InChI=1S/C25H34ClN5O4/c1-5-31-17(4)12-20(29-31)25(34)30-11-7-6-10-27-24(33)19-13-18(26)8-9-22(19)35-15-21(16(2)3)28-23(32)14-30/h8-9,12-13,16,21H,5-7,10-11,14-15H2,1-4H3,(H,27,33)(H,28,32)/t21-/m0/s1. The van der Waals surface area contributed by atoms with Crippen LogP contribution in [0, 0.1) is 12.8 Å². The van der Waals surface area contributed by atoms with Gasteiger partial charge in [-0.15, -0.1) is 0 Å². The van der Waals surface area contributed by atoms with Crippen molar-refractivity contribution in [1.82, 2.24) is 25.3 Å². The highest BCUT2D eigenvalue weighted by molar-refractivity contribution is 6.31. The molecule has 1 aliphatic rings. The Hall–Kier alpha value is -3.07. The van der Waals surface area contributed by atoms with E-state index in [1.807, 2.05) is 27.7 Å². The predicted molar refractivity (Wildman–Crippen MR) is 134 cm³/mol. The topological polar surface area (TPSA) is 106 Å². The average molecular weight is 504 g/mol. The minimum Gasteiger partial charge on any atom is -0.491 e. The molecule has 2 heterocycles. The third-order valence-electron chi connectivity index (χ3n) is 6.02. The van der Waals surface area contributed by atoms with Gasteiger partial charge in [0.25, 0.3) is 11.8 Å². The Balaban J connectivity index is 1.82. The van der Waals surface area contributed by atoms with E-state index in [4.69, 9.17) is 16.3 Å². The Kier molecular flexibility index (Phi) is 9.14. The van der Waals surface area contributed by atoms with E-state index >= 15 is 0 Å². The summed E-state index contributed by atoms with van der Waals surface area (Å²) in [6, 6.07) is 6.32. The first kappa shape index (κ1) is 26.5. The molecule has 0 unspecified atom stereocenters. The molecule has 3 rings (SSSR count). The molecule has 0 bridgehead atoms. The van der Waals surface area contributed by atoms with Gasteiger partial charge in [0.2, 0.25) is 5.91 Å². The summed E-state index contributed by atoms with van der Waals surface area (Å²) in [6.45, 7) is 9.32. The number of halogens is 1. The third-order valence-corrected chi connectivity index (χ3v) is 6.25. The van der Waals surface area contributed by atoms with Crippen LogP contribution in [0.1, 0.15) is 60.2 Å². The lowest BCUT2D eigenvalue weighted by atomic mass is 10.1. The lowest BCUT2D eigenvalue weighted by molar-refractivity contribution is -0.123. The SMILES string of the molecule is CCn1nc(C(=O)N2CCCCNC(=O)c3cc(Cl)ccc3OC[C@@H](C(C)C)NC(=O)C2)cc1C.